The van der Waals surface area contributed by atoms with Gasteiger partial charge in [0.15, 0.2) is 0 Å². The van der Waals surface area contributed by atoms with Gasteiger partial charge in [-0.15, -0.1) is 0 Å². The second kappa shape index (κ2) is 6.00. The van der Waals surface area contributed by atoms with Gasteiger partial charge in [-0.3, -0.25) is 0 Å². The lowest BCUT2D eigenvalue weighted by Crippen LogP contribution is -2.55. The fraction of sp³-hybridized carbons (Fsp3) is 0.647. The average Bonchev–Trinajstić information content (AvgIpc) is 2.82. The van der Waals surface area contributed by atoms with Crippen LogP contribution in [0.25, 0.3) is 0 Å². The number of amides is 1. The van der Waals surface area contributed by atoms with Crippen LogP contribution in [-0.4, -0.2) is 41.8 Å². The molecule has 1 amide bonds. The van der Waals surface area contributed by atoms with Crippen molar-refractivity contribution in [2.45, 2.75) is 58.3 Å². The zero-order valence-electron chi connectivity index (χ0n) is 14.3. The number of carbonyl (C=O) groups excluding carboxylic acids is 1. The van der Waals surface area contributed by atoms with Gasteiger partial charge >= 0.3 is 6.09 Å². The molecule has 1 fully saturated rings. The molecule has 2 N–H and O–H groups in total. The number of fused-ring (bicyclic) bond motifs is 3. The Hall–Kier alpha value is -1.82. The predicted octanol–water partition coefficient (Wildman–Crippen LogP) is 1.83. The maximum absolute atomic E-state index is 11.8. The van der Waals surface area contributed by atoms with E-state index in [0.717, 1.165) is 31.0 Å². The number of aromatic nitrogens is 1. The zero-order valence-corrected chi connectivity index (χ0v) is 14.3. The van der Waals surface area contributed by atoms with Crippen molar-refractivity contribution in [3.63, 3.8) is 0 Å². The number of alkyl carbamates (subject to hydrolysis) is 1. The number of piperazine rings is 1. The molecule has 0 aromatic carbocycles. The summed E-state index contributed by atoms with van der Waals surface area (Å²) in [4.78, 5) is 18.9. The Balaban J connectivity index is 1.68. The number of nitrogens with zero attached hydrogens (tertiary/aromatic N) is 2. The van der Waals surface area contributed by atoms with Crippen molar-refractivity contribution in [2.75, 3.05) is 18.0 Å². The van der Waals surface area contributed by atoms with Crippen LogP contribution in [-0.2, 0) is 17.8 Å². The van der Waals surface area contributed by atoms with Gasteiger partial charge in [-0.2, -0.15) is 0 Å². The summed E-state index contributed by atoms with van der Waals surface area (Å²) in [5.41, 5.74) is 1.78. The molecule has 0 bridgehead atoms. The van der Waals surface area contributed by atoms with Crippen molar-refractivity contribution in [3.8, 4) is 0 Å². The maximum Gasteiger partial charge on any atom is 0.407 e. The molecule has 0 saturated carbocycles. The lowest BCUT2D eigenvalue weighted by molar-refractivity contribution is 0.130. The summed E-state index contributed by atoms with van der Waals surface area (Å²) in [5.74, 6) is 1.06. The van der Waals surface area contributed by atoms with E-state index in [1.165, 1.54) is 5.56 Å². The first-order valence-corrected chi connectivity index (χ1v) is 8.26. The molecule has 2 unspecified atom stereocenters. The summed E-state index contributed by atoms with van der Waals surface area (Å²) in [5, 5.41) is 6.26. The van der Waals surface area contributed by atoms with Crippen LogP contribution in [0.5, 0.6) is 0 Å². The molecule has 2 aliphatic heterocycles. The number of anilines is 1. The molecule has 23 heavy (non-hydrogen) atoms. The summed E-state index contributed by atoms with van der Waals surface area (Å²) in [7, 11) is 0. The topological polar surface area (TPSA) is 66.5 Å². The molecular formula is C17H26N4O2. The minimum Gasteiger partial charge on any atom is -0.443 e. The number of hydrogen-bond donors (Lipinski definition) is 2. The van der Waals surface area contributed by atoms with Gasteiger partial charge in [-0.05, 0) is 45.7 Å². The Kier molecular flexibility index (Phi) is 4.19. The zero-order chi connectivity index (χ0) is 16.6. The number of carbonyl (C=O) groups is 1. The highest BCUT2D eigenvalue weighted by Crippen LogP contribution is 2.33. The van der Waals surface area contributed by atoms with Crippen LogP contribution < -0.4 is 15.5 Å². The fourth-order valence-corrected chi connectivity index (χ4v) is 3.28. The molecule has 1 saturated heterocycles. The Bertz CT molecular complexity index is 597. The molecule has 6 nitrogen and oxygen atoms in total. The van der Waals surface area contributed by atoms with Crippen LogP contribution in [0.1, 0.15) is 39.0 Å². The third-order valence-electron chi connectivity index (χ3n) is 4.23. The third kappa shape index (κ3) is 3.58. The van der Waals surface area contributed by atoms with Gasteiger partial charge in [0, 0.05) is 30.7 Å². The lowest BCUT2D eigenvalue weighted by atomic mass is 10.1. The molecular weight excluding hydrogens is 292 g/mol. The molecule has 126 valence electrons. The number of pyridine rings is 1. The highest BCUT2D eigenvalue weighted by Gasteiger charge is 2.36. The average molecular weight is 318 g/mol. The van der Waals surface area contributed by atoms with Crippen molar-refractivity contribution < 1.29 is 9.53 Å². The molecule has 6 heteroatoms. The number of nitrogens with one attached hydrogen (secondary N) is 2. The number of hydrogen-bond acceptors (Lipinski definition) is 5. The highest BCUT2D eigenvalue weighted by molar-refractivity contribution is 5.68. The van der Waals surface area contributed by atoms with Gasteiger partial charge in [-0.1, -0.05) is 6.07 Å². The SMILES string of the molecule is CC1CNCC2Cc3ccc(COC(=O)NC(C)(C)C)nc3N12. The summed E-state index contributed by atoms with van der Waals surface area (Å²) in [6.45, 7) is 10.2. The van der Waals surface area contributed by atoms with Crippen molar-refractivity contribution in [1.82, 2.24) is 15.6 Å². The first-order chi connectivity index (χ1) is 10.8. The normalized spacial score (nSPS) is 23.2. The van der Waals surface area contributed by atoms with Crippen LogP contribution >= 0.6 is 0 Å². The highest BCUT2D eigenvalue weighted by atomic mass is 16.5. The largest absolute Gasteiger partial charge is 0.443 e. The summed E-state index contributed by atoms with van der Waals surface area (Å²) < 4.78 is 5.28. The quantitative estimate of drug-likeness (QED) is 0.871. The second-order valence-corrected chi connectivity index (χ2v) is 7.51. The summed E-state index contributed by atoms with van der Waals surface area (Å²) >= 11 is 0. The molecule has 2 aliphatic rings. The molecule has 3 rings (SSSR count). The van der Waals surface area contributed by atoms with E-state index in [2.05, 4.69) is 28.5 Å². The van der Waals surface area contributed by atoms with E-state index in [9.17, 15) is 4.79 Å². The monoisotopic (exact) mass is 318 g/mol. The van der Waals surface area contributed by atoms with Crippen molar-refractivity contribution >= 4 is 11.9 Å². The molecule has 0 aliphatic carbocycles. The minimum absolute atomic E-state index is 0.195. The first kappa shape index (κ1) is 16.1. The molecule has 3 heterocycles. The van der Waals surface area contributed by atoms with Gasteiger partial charge in [0.2, 0.25) is 0 Å². The van der Waals surface area contributed by atoms with Crippen LogP contribution in [0.15, 0.2) is 12.1 Å². The minimum atomic E-state index is -0.409. The molecule has 1 aromatic rings. The third-order valence-corrected chi connectivity index (χ3v) is 4.23. The Morgan fingerprint density at radius 1 is 1.43 bits per heavy atom. The molecule has 1 aromatic heterocycles. The maximum atomic E-state index is 11.8. The number of ether oxygens (including phenoxy) is 1. The van der Waals surface area contributed by atoms with Gasteiger partial charge in [0.1, 0.15) is 12.4 Å². The fourth-order valence-electron chi connectivity index (χ4n) is 3.28. The van der Waals surface area contributed by atoms with Crippen molar-refractivity contribution in [1.29, 1.82) is 0 Å². The summed E-state index contributed by atoms with van der Waals surface area (Å²) in [6.07, 6.45) is 0.624. The van der Waals surface area contributed by atoms with E-state index >= 15 is 0 Å². The van der Waals surface area contributed by atoms with Crippen LogP contribution in [0.2, 0.25) is 0 Å². The molecule has 2 atom stereocenters. The van der Waals surface area contributed by atoms with Gasteiger partial charge in [0.05, 0.1) is 5.69 Å². The van der Waals surface area contributed by atoms with Crippen molar-refractivity contribution in [3.05, 3.63) is 23.4 Å². The second-order valence-electron chi connectivity index (χ2n) is 7.51. The standard InChI is InChI=1S/C17H26N4O2/c1-11-8-18-9-14-7-12-5-6-13(19-15(12)21(11)14)10-23-16(22)20-17(2,3)4/h5-6,11,14,18H,7-10H2,1-4H3,(H,20,22). The first-order valence-electron chi connectivity index (χ1n) is 8.26. The van der Waals surface area contributed by atoms with Gasteiger partial charge in [0.25, 0.3) is 0 Å². The van der Waals surface area contributed by atoms with E-state index < -0.39 is 6.09 Å². The molecule has 0 spiro atoms. The smallest absolute Gasteiger partial charge is 0.407 e. The van der Waals surface area contributed by atoms with Crippen molar-refractivity contribution in [2.24, 2.45) is 0 Å². The summed E-state index contributed by atoms with van der Waals surface area (Å²) in [6, 6.07) is 5.00. The van der Waals surface area contributed by atoms with Gasteiger partial charge in [-0.25, -0.2) is 9.78 Å². The Labute approximate surface area is 137 Å². The number of rotatable bonds is 2. The van der Waals surface area contributed by atoms with E-state index in [1.807, 2.05) is 26.8 Å². The predicted molar refractivity (Wildman–Crippen MR) is 89.6 cm³/mol. The van der Waals surface area contributed by atoms with E-state index in [-0.39, 0.29) is 12.1 Å². The lowest BCUT2D eigenvalue weighted by Gasteiger charge is -2.37. The van der Waals surface area contributed by atoms with Crippen LogP contribution in [0.3, 0.4) is 0 Å². The Morgan fingerprint density at radius 2 is 2.22 bits per heavy atom. The van der Waals surface area contributed by atoms with Crippen LogP contribution in [0.4, 0.5) is 10.6 Å². The van der Waals surface area contributed by atoms with Gasteiger partial charge < -0.3 is 20.3 Å². The van der Waals surface area contributed by atoms with E-state index in [1.54, 1.807) is 0 Å². The van der Waals surface area contributed by atoms with E-state index in [0.29, 0.717) is 12.1 Å². The van der Waals surface area contributed by atoms with Crippen LogP contribution in [0, 0.1) is 0 Å². The Morgan fingerprint density at radius 3 is 2.96 bits per heavy atom. The molecule has 0 radical (unpaired) electrons. The van der Waals surface area contributed by atoms with E-state index in [4.69, 9.17) is 9.72 Å².